The third-order valence-electron chi connectivity index (χ3n) is 8.39. The standard InChI is InChI=1S/C33H34F2N2O5/c1-3-42-32(40)33(21-7-6-8-22(34)19-21)16-13-25(27-20-23(35)11-12-28(27)33)31(39)37-17-14-24(15-18-37)36-30(38)26-9-4-5-10-29(26)41-2/h4-12,19-20,24-25H,3,13-18H2,1-2H3,(H,36,38)/t25-,33+/m1/s1. The summed E-state index contributed by atoms with van der Waals surface area (Å²) in [4.78, 5) is 42.0. The van der Waals surface area contributed by atoms with Crippen molar-refractivity contribution in [2.24, 2.45) is 0 Å². The Kier molecular flexibility index (Phi) is 8.56. The number of hydrogen-bond donors (Lipinski definition) is 1. The van der Waals surface area contributed by atoms with Gasteiger partial charge < -0.3 is 19.7 Å². The van der Waals surface area contributed by atoms with Crippen molar-refractivity contribution >= 4 is 17.8 Å². The molecule has 42 heavy (non-hydrogen) atoms. The lowest BCUT2D eigenvalue weighted by molar-refractivity contribution is -0.149. The Labute approximate surface area is 243 Å². The molecular weight excluding hydrogens is 542 g/mol. The zero-order valence-electron chi connectivity index (χ0n) is 23.7. The lowest BCUT2D eigenvalue weighted by Gasteiger charge is -2.42. The maximum atomic E-state index is 14.7. The maximum absolute atomic E-state index is 14.7. The number of benzene rings is 3. The highest BCUT2D eigenvalue weighted by Gasteiger charge is 2.50. The van der Waals surface area contributed by atoms with E-state index in [9.17, 15) is 23.2 Å². The van der Waals surface area contributed by atoms with E-state index in [1.54, 1.807) is 42.2 Å². The van der Waals surface area contributed by atoms with Crippen LogP contribution in [0.2, 0.25) is 0 Å². The molecule has 0 spiro atoms. The minimum atomic E-state index is -1.37. The lowest BCUT2D eigenvalue weighted by Crippen LogP contribution is -2.49. The number of nitrogens with zero attached hydrogens (tertiary/aromatic N) is 1. The molecule has 1 heterocycles. The van der Waals surface area contributed by atoms with Gasteiger partial charge in [-0.1, -0.05) is 30.3 Å². The minimum Gasteiger partial charge on any atom is -0.496 e. The van der Waals surface area contributed by atoms with Gasteiger partial charge in [0.05, 0.1) is 25.2 Å². The number of amides is 2. The highest BCUT2D eigenvalue weighted by molar-refractivity contribution is 5.97. The van der Waals surface area contributed by atoms with Crippen molar-refractivity contribution in [3.05, 3.63) is 101 Å². The van der Waals surface area contributed by atoms with Crippen molar-refractivity contribution in [3.8, 4) is 5.75 Å². The second-order valence-electron chi connectivity index (χ2n) is 10.7. The number of para-hydroxylation sites is 1. The monoisotopic (exact) mass is 576 g/mol. The summed E-state index contributed by atoms with van der Waals surface area (Å²) in [7, 11) is 1.51. The van der Waals surface area contributed by atoms with Crippen molar-refractivity contribution in [2.45, 2.75) is 50.0 Å². The van der Waals surface area contributed by atoms with E-state index in [2.05, 4.69) is 5.32 Å². The van der Waals surface area contributed by atoms with Crippen LogP contribution in [0.1, 0.15) is 65.6 Å². The average molecular weight is 577 g/mol. The lowest BCUT2D eigenvalue weighted by atomic mass is 9.63. The first-order valence-electron chi connectivity index (χ1n) is 14.2. The molecule has 5 rings (SSSR count). The van der Waals surface area contributed by atoms with Gasteiger partial charge >= 0.3 is 5.97 Å². The fourth-order valence-corrected chi connectivity index (χ4v) is 6.32. The van der Waals surface area contributed by atoms with Crippen LogP contribution in [0.5, 0.6) is 5.75 Å². The molecule has 0 radical (unpaired) electrons. The van der Waals surface area contributed by atoms with E-state index in [1.165, 1.54) is 43.5 Å². The molecule has 1 aliphatic heterocycles. The van der Waals surface area contributed by atoms with E-state index in [1.807, 2.05) is 0 Å². The quantitative estimate of drug-likeness (QED) is 0.395. The predicted octanol–water partition coefficient (Wildman–Crippen LogP) is 5.12. The Morgan fingerprint density at radius 2 is 1.69 bits per heavy atom. The molecule has 1 N–H and O–H groups in total. The Balaban J connectivity index is 1.37. The summed E-state index contributed by atoms with van der Waals surface area (Å²) >= 11 is 0. The Bertz CT molecular complexity index is 1490. The van der Waals surface area contributed by atoms with E-state index in [4.69, 9.17) is 9.47 Å². The normalized spacial score (nSPS) is 20.4. The van der Waals surface area contributed by atoms with Crippen molar-refractivity contribution in [3.63, 3.8) is 0 Å². The molecule has 2 aliphatic rings. The minimum absolute atomic E-state index is 0.119. The number of rotatable bonds is 7. The van der Waals surface area contributed by atoms with Crippen LogP contribution >= 0.6 is 0 Å². The molecule has 2 amide bonds. The van der Waals surface area contributed by atoms with E-state index < -0.39 is 28.9 Å². The van der Waals surface area contributed by atoms with Crippen LogP contribution in [-0.4, -0.2) is 55.5 Å². The number of piperidine rings is 1. The second-order valence-corrected chi connectivity index (χ2v) is 10.7. The number of ether oxygens (including phenoxy) is 2. The second kappa shape index (κ2) is 12.3. The molecule has 0 aromatic heterocycles. The molecule has 1 saturated heterocycles. The Hall–Kier alpha value is -4.27. The zero-order valence-corrected chi connectivity index (χ0v) is 23.7. The van der Waals surface area contributed by atoms with Crippen molar-refractivity contribution in [2.75, 3.05) is 26.8 Å². The highest BCUT2D eigenvalue weighted by Crippen LogP contribution is 2.49. The number of carbonyl (C=O) groups is 3. The molecule has 0 bridgehead atoms. The molecule has 0 saturated carbocycles. The van der Waals surface area contributed by atoms with Crippen LogP contribution in [0.25, 0.3) is 0 Å². The molecule has 3 aromatic carbocycles. The van der Waals surface area contributed by atoms with Gasteiger partial charge in [-0.2, -0.15) is 0 Å². The van der Waals surface area contributed by atoms with Gasteiger partial charge in [0.15, 0.2) is 0 Å². The summed E-state index contributed by atoms with van der Waals surface area (Å²) in [6.07, 6.45) is 1.58. The van der Waals surface area contributed by atoms with Crippen LogP contribution in [0.15, 0.2) is 66.7 Å². The van der Waals surface area contributed by atoms with Gasteiger partial charge in [0.25, 0.3) is 5.91 Å². The zero-order chi connectivity index (χ0) is 29.9. The molecule has 9 heteroatoms. The number of hydrogen-bond acceptors (Lipinski definition) is 5. The van der Waals surface area contributed by atoms with Crippen LogP contribution in [0.4, 0.5) is 8.78 Å². The number of halogens is 2. The number of carbonyl (C=O) groups excluding carboxylic acids is 3. The smallest absolute Gasteiger partial charge is 0.321 e. The number of fused-ring (bicyclic) bond motifs is 1. The first-order chi connectivity index (χ1) is 20.3. The SMILES string of the molecule is CCOC(=O)[C@]1(c2cccc(F)c2)CC[C@@H](C(=O)N2CCC(NC(=O)c3ccccc3OC)CC2)c2cc(F)ccc21. The molecule has 2 atom stereocenters. The third-order valence-corrected chi connectivity index (χ3v) is 8.39. The average Bonchev–Trinajstić information content (AvgIpc) is 3.00. The number of esters is 1. The highest BCUT2D eigenvalue weighted by atomic mass is 19.1. The summed E-state index contributed by atoms with van der Waals surface area (Å²) in [5.41, 5.74) is 0.356. The van der Waals surface area contributed by atoms with Gasteiger partial charge in [-0.25, -0.2) is 8.78 Å². The van der Waals surface area contributed by atoms with Gasteiger partial charge in [-0.15, -0.1) is 0 Å². The molecule has 3 aromatic rings. The molecule has 0 unspecified atom stereocenters. The van der Waals surface area contributed by atoms with E-state index in [0.29, 0.717) is 53.9 Å². The number of likely N-dealkylation sites (tertiary alicyclic amines) is 1. The first-order valence-corrected chi connectivity index (χ1v) is 14.2. The van der Waals surface area contributed by atoms with Gasteiger partial charge in [-0.05, 0) is 85.7 Å². The fourth-order valence-electron chi connectivity index (χ4n) is 6.32. The van der Waals surface area contributed by atoms with Gasteiger partial charge in [0, 0.05) is 19.1 Å². The first kappa shape index (κ1) is 29.2. The largest absolute Gasteiger partial charge is 0.496 e. The molecular formula is C33H34F2N2O5. The topological polar surface area (TPSA) is 84.9 Å². The van der Waals surface area contributed by atoms with Gasteiger partial charge in [-0.3, -0.25) is 14.4 Å². The summed E-state index contributed by atoms with van der Waals surface area (Å²) in [5.74, 6) is -2.16. The molecule has 1 fully saturated rings. The van der Waals surface area contributed by atoms with E-state index in [-0.39, 0.29) is 37.3 Å². The van der Waals surface area contributed by atoms with Crippen molar-refractivity contribution in [1.29, 1.82) is 0 Å². The van der Waals surface area contributed by atoms with Gasteiger partial charge in [0.1, 0.15) is 22.8 Å². The third kappa shape index (κ3) is 5.47. The fraction of sp³-hybridized carbons (Fsp3) is 0.364. The number of methoxy groups -OCH3 is 1. The summed E-state index contributed by atoms with van der Waals surface area (Å²) in [5, 5.41) is 3.04. The van der Waals surface area contributed by atoms with Crippen LogP contribution < -0.4 is 10.1 Å². The van der Waals surface area contributed by atoms with Crippen LogP contribution in [0, 0.1) is 11.6 Å². The number of nitrogens with one attached hydrogen (secondary N) is 1. The predicted molar refractivity (Wildman–Crippen MR) is 152 cm³/mol. The Morgan fingerprint density at radius 3 is 2.40 bits per heavy atom. The van der Waals surface area contributed by atoms with Crippen LogP contribution in [0.3, 0.4) is 0 Å². The molecule has 7 nitrogen and oxygen atoms in total. The van der Waals surface area contributed by atoms with Crippen molar-refractivity contribution in [1.82, 2.24) is 10.2 Å². The Morgan fingerprint density at radius 1 is 0.952 bits per heavy atom. The van der Waals surface area contributed by atoms with Crippen LogP contribution in [-0.2, 0) is 19.7 Å². The van der Waals surface area contributed by atoms with E-state index >= 15 is 0 Å². The summed E-state index contributed by atoms with van der Waals surface area (Å²) in [6, 6.07) is 16.8. The summed E-state index contributed by atoms with van der Waals surface area (Å²) < 4.78 is 39.8. The molecule has 1 aliphatic carbocycles. The van der Waals surface area contributed by atoms with Gasteiger partial charge in [0.2, 0.25) is 5.91 Å². The van der Waals surface area contributed by atoms with Crippen molar-refractivity contribution < 1.29 is 32.6 Å². The molecule has 220 valence electrons. The summed E-state index contributed by atoms with van der Waals surface area (Å²) in [6.45, 7) is 2.66. The van der Waals surface area contributed by atoms with E-state index in [0.717, 1.165) is 0 Å². The maximum Gasteiger partial charge on any atom is 0.321 e.